The number of hydrogen-bond donors (Lipinski definition) is 0. The van der Waals surface area contributed by atoms with Gasteiger partial charge in [0.2, 0.25) is 0 Å². The fourth-order valence-corrected chi connectivity index (χ4v) is 18.3. The smallest absolute Gasteiger partial charge is 0.311 e. The lowest BCUT2D eigenvalue weighted by molar-refractivity contribution is -0.923. The first-order chi connectivity index (χ1) is 11.4. The minimum Gasteiger partial charge on any atom is -0.437 e. The van der Waals surface area contributed by atoms with E-state index in [1.54, 1.807) is 0 Å². The van der Waals surface area contributed by atoms with Crippen molar-refractivity contribution in [3.63, 3.8) is 0 Å². The SMILES string of the molecule is C.C.CCCC[Si](C)(C)O[Si](C)(C)O[Si](C)(C)CCC[N+](CC)(CC)CC.[CH3-]. The van der Waals surface area contributed by atoms with E-state index in [1.165, 1.54) is 62.0 Å². The Bertz CT molecular complexity index is 363. The van der Waals surface area contributed by atoms with Crippen LogP contribution in [0.25, 0.3) is 0 Å². The third-order valence-electron chi connectivity index (χ3n) is 5.60. The number of nitrogens with zero attached hydrogens (tertiary/aromatic N) is 1. The molecule has 0 N–H and O–H groups in total. The molecule has 6 heteroatoms. The van der Waals surface area contributed by atoms with Gasteiger partial charge in [0, 0.05) is 0 Å². The van der Waals surface area contributed by atoms with Gasteiger partial charge < -0.3 is 20.1 Å². The summed E-state index contributed by atoms with van der Waals surface area (Å²) in [5, 5.41) is 0. The van der Waals surface area contributed by atoms with E-state index >= 15 is 0 Å². The molecule has 0 aliphatic heterocycles. The molecule has 0 bridgehead atoms. The summed E-state index contributed by atoms with van der Waals surface area (Å²) < 4.78 is 14.6. The van der Waals surface area contributed by atoms with Crippen LogP contribution >= 0.6 is 0 Å². The molecule has 0 aromatic heterocycles. The topological polar surface area (TPSA) is 18.5 Å². The van der Waals surface area contributed by atoms with E-state index in [4.69, 9.17) is 8.23 Å². The Labute approximate surface area is 184 Å². The zero-order valence-corrected chi connectivity index (χ0v) is 23.1. The van der Waals surface area contributed by atoms with Crippen molar-refractivity contribution in [2.45, 2.75) is 113 Å². The lowest BCUT2D eigenvalue weighted by atomic mass is 10.3. The summed E-state index contributed by atoms with van der Waals surface area (Å²) >= 11 is 0. The Kier molecular flexibility index (Phi) is 19.7. The third kappa shape index (κ3) is 14.5. The Morgan fingerprint density at radius 2 is 1.00 bits per heavy atom. The van der Waals surface area contributed by atoms with Crippen LogP contribution in [0.3, 0.4) is 0 Å². The fourth-order valence-electron chi connectivity index (χ4n) is 4.04. The molecule has 0 saturated heterocycles. The first-order valence-electron chi connectivity index (χ1n) is 10.6. The van der Waals surface area contributed by atoms with Gasteiger partial charge in [-0.3, -0.25) is 0 Å². The Morgan fingerprint density at radius 3 is 1.32 bits per heavy atom. The molecule has 0 heterocycles. The molecule has 0 aliphatic rings. The van der Waals surface area contributed by atoms with Gasteiger partial charge in [0.25, 0.3) is 0 Å². The molecule has 0 rings (SSSR count). The molecule has 0 fully saturated rings. The monoisotopic (exact) mass is 453 g/mol. The predicted molar refractivity (Wildman–Crippen MR) is 140 cm³/mol. The third-order valence-corrected chi connectivity index (χ3v) is 17.1. The summed E-state index contributed by atoms with van der Waals surface area (Å²) in [5.74, 6) is 0. The van der Waals surface area contributed by atoms with Crippen LogP contribution in [-0.2, 0) is 8.23 Å². The van der Waals surface area contributed by atoms with Gasteiger partial charge in [-0.05, 0) is 78.6 Å². The molecule has 28 heavy (non-hydrogen) atoms. The maximum Gasteiger partial charge on any atom is 0.311 e. The second-order valence-corrected chi connectivity index (χ2v) is 21.8. The highest BCUT2D eigenvalue weighted by Crippen LogP contribution is 2.26. The van der Waals surface area contributed by atoms with E-state index in [2.05, 4.69) is 67.0 Å². The number of rotatable bonds is 14. The minimum absolute atomic E-state index is 0. The summed E-state index contributed by atoms with van der Waals surface area (Å²) in [5.41, 5.74) is 0. The van der Waals surface area contributed by atoms with Gasteiger partial charge in [0.15, 0.2) is 16.6 Å². The average Bonchev–Trinajstić information content (AvgIpc) is 2.47. The highest BCUT2D eigenvalue weighted by atomic mass is 28.5. The van der Waals surface area contributed by atoms with Crippen LogP contribution < -0.4 is 0 Å². The number of quaternary nitrogens is 1. The molecular formula is C22H59NO2Si3. The van der Waals surface area contributed by atoms with Crippen LogP contribution in [0.4, 0.5) is 0 Å². The maximum atomic E-state index is 6.74. The van der Waals surface area contributed by atoms with Crippen molar-refractivity contribution in [2.24, 2.45) is 0 Å². The molecule has 0 saturated carbocycles. The summed E-state index contributed by atoms with van der Waals surface area (Å²) in [7, 11) is -5.27. The normalized spacial score (nSPS) is 12.6. The van der Waals surface area contributed by atoms with Crippen molar-refractivity contribution >= 4 is 25.2 Å². The minimum atomic E-state index is -2.03. The van der Waals surface area contributed by atoms with Crippen molar-refractivity contribution in [1.29, 1.82) is 0 Å². The van der Waals surface area contributed by atoms with Gasteiger partial charge in [-0.2, -0.15) is 0 Å². The van der Waals surface area contributed by atoms with Gasteiger partial charge >= 0.3 is 8.56 Å². The van der Waals surface area contributed by atoms with Gasteiger partial charge in [-0.15, -0.1) is 0 Å². The zero-order chi connectivity index (χ0) is 19.8. The maximum absolute atomic E-state index is 6.74. The number of hydrogen-bond acceptors (Lipinski definition) is 2. The van der Waals surface area contributed by atoms with Crippen molar-refractivity contribution < 1.29 is 12.7 Å². The summed E-state index contributed by atoms with van der Waals surface area (Å²) in [6.45, 7) is 28.4. The average molecular weight is 454 g/mol. The predicted octanol–water partition coefficient (Wildman–Crippen LogP) is 7.92. The molecule has 0 aliphatic carbocycles. The van der Waals surface area contributed by atoms with Gasteiger partial charge in [-0.1, -0.05) is 34.6 Å². The second-order valence-electron chi connectivity index (χ2n) is 9.34. The van der Waals surface area contributed by atoms with Crippen LogP contribution in [0.5, 0.6) is 0 Å². The Balaban J connectivity index is -0.000000960. The molecule has 0 unspecified atom stereocenters. The van der Waals surface area contributed by atoms with Crippen LogP contribution in [0.1, 0.15) is 61.8 Å². The molecule has 0 atom stereocenters. The van der Waals surface area contributed by atoms with E-state index in [9.17, 15) is 0 Å². The molecule has 3 nitrogen and oxygen atoms in total. The van der Waals surface area contributed by atoms with E-state index < -0.39 is 25.2 Å². The fraction of sp³-hybridized carbons (Fsp3) is 0.955. The molecule has 0 aromatic rings. The van der Waals surface area contributed by atoms with Crippen LogP contribution in [0, 0.1) is 7.43 Å². The highest BCUT2D eigenvalue weighted by molar-refractivity contribution is 6.87. The van der Waals surface area contributed by atoms with Gasteiger partial charge in [0.05, 0.1) is 26.2 Å². The van der Waals surface area contributed by atoms with Crippen molar-refractivity contribution in [3.8, 4) is 0 Å². The first-order valence-corrected chi connectivity index (χ1v) is 19.7. The largest absolute Gasteiger partial charge is 0.437 e. The van der Waals surface area contributed by atoms with E-state index in [-0.39, 0.29) is 22.3 Å². The molecule has 0 aromatic carbocycles. The standard InChI is InChI=1S/C19H48NO2Si3.2CH4.CH3/c1-11-15-18-23(5,6)21-25(9,10)22-24(7,8)19-16-17-20(12-2,13-3)14-4;;;/h11-19H2,1-10H3;2*1H4;1H3/q+1;;;-1. The van der Waals surface area contributed by atoms with E-state index in [1.807, 2.05) is 0 Å². The van der Waals surface area contributed by atoms with Crippen molar-refractivity contribution in [3.05, 3.63) is 7.43 Å². The highest BCUT2D eigenvalue weighted by Gasteiger charge is 2.39. The van der Waals surface area contributed by atoms with Crippen LogP contribution in [-0.4, -0.2) is 55.9 Å². The zero-order valence-electron chi connectivity index (χ0n) is 20.1. The van der Waals surface area contributed by atoms with Crippen molar-refractivity contribution in [1.82, 2.24) is 0 Å². The van der Waals surface area contributed by atoms with E-state index in [0.717, 1.165) is 0 Å². The lowest BCUT2D eigenvalue weighted by Gasteiger charge is -2.40. The van der Waals surface area contributed by atoms with Crippen LogP contribution in [0.2, 0.25) is 51.4 Å². The van der Waals surface area contributed by atoms with Gasteiger partial charge in [0.1, 0.15) is 0 Å². The first kappa shape index (κ1) is 35.9. The Morgan fingerprint density at radius 1 is 0.643 bits per heavy atom. The Hall–Kier alpha value is 0.531. The van der Waals surface area contributed by atoms with Gasteiger partial charge in [-0.25, -0.2) is 0 Å². The summed E-state index contributed by atoms with van der Waals surface area (Å²) in [6.07, 6.45) is 3.83. The molecule has 0 amide bonds. The summed E-state index contributed by atoms with van der Waals surface area (Å²) in [4.78, 5) is 0. The van der Waals surface area contributed by atoms with E-state index in [0.29, 0.717) is 0 Å². The molecule has 0 radical (unpaired) electrons. The molecule has 0 spiro atoms. The molecular weight excluding hydrogens is 395 g/mol. The van der Waals surface area contributed by atoms with Crippen LogP contribution in [0.15, 0.2) is 0 Å². The molecule has 176 valence electrons. The van der Waals surface area contributed by atoms with Crippen molar-refractivity contribution in [2.75, 3.05) is 26.2 Å². The summed E-state index contributed by atoms with van der Waals surface area (Å²) in [6, 6.07) is 2.51. The second kappa shape index (κ2) is 15.3. The quantitative estimate of drug-likeness (QED) is 0.151. The number of unbranched alkanes of at least 4 members (excludes halogenated alkanes) is 1. The lowest BCUT2D eigenvalue weighted by Crippen LogP contribution is -2.53.